The second-order valence-electron chi connectivity index (χ2n) is 4.93. The molecule has 0 aliphatic carbocycles. The highest BCUT2D eigenvalue weighted by atomic mass is 16.3. The lowest BCUT2D eigenvalue weighted by Gasteiger charge is -2.10. The van der Waals surface area contributed by atoms with Gasteiger partial charge in [0.2, 0.25) is 0 Å². The third-order valence-electron chi connectivity index (χ3n) is 3.73. The molecule has 0 bridgehead atoms. The number of fused-ring (bicyclic) bond motifs is 1. The maximum absolute atomic E-state index is 10.00. The highest BCUT2D eigenvalue weighted by molar-refractivity contribution is 5.90. The molecule has 0 saturated carbocycles. The first-order valence-electron chi connectivity index (χ1n) is 6.28. The fraction of sp³-hybridized carbons (Fsp3) is 0.429. The number of nitrogens with one attached hydrogen (secondary N) is 2. The molecule has 3 nitrogen and oxygen atoms in total. The van der Waals surface area contributed by atoms with Crippen LogP contribution in [0.1, 0.15) is 24.1 Å². The molecule has 0 radical (unpaired) electrons. The molecule has 3 heteroatoms. The summed E-state index contributed by atoms with van der Waals surface area (Å²) in [5.41, 5.74) is 3.48. The third-order valence-corrected chi connectivity index (χ3v) is 3.73. The van der Waals surface area contributed by atoms with Crippen molar-refractivity contribution in [2.24, 2.45) is 0 Å². The molecule has 0 amide bonds. The standard InChI is InChI=1S/C14H18N2O/c1-9-11(8-10-4-3-7-15-10)14-12(16-9)5-2-6-13(14)17/h2,5-6,10,15-17H,3-4,7-8H2,1H3/t10-/m1/s1. The van der Waals surface area contributed by atoms with Crippen LogP contribution in [0.3, 0.4) is 0 Å². The zero-order valence-corrected chi connectivity index (χ0v) is 10.1. The van der Waals surface area contributed by atoms with Crippen molar-refractivity contribution in [3.05, 3.63) is 29.5 Å². The lowest BCUT2D eigenvalue weighted by Crippen LogP contribution is -2.23. The molecule has 1 saturated heterocycles. The predicted molar refractivity (Wildman–Crippen MR) is 69.4 cm³/mol. The highest BCUT2D eigenvalue weighted by Crippen LogP contribution is 2.31. The van der Waals surface area contributed by atoms with Crippen molar-refractivity contribution in [3.63, 3.8) is 0 Å². The Morgan fingerprint density at radius 1 is 1.41 bits per heavy atom. The molecule has 1 aliphatic rings. The number of aryl methyl sites for hydroxylation is 1. The lowest BCUT2D eigenvalue weighted by atomic mass is 10.0. The number of H-pyrrole nitrogens is 1. The molecule has 3 N–H and O–H groups in total. The van der Waals surface area contributed by atoms with Crippen molar-refractivity contribution < 1.29 is 5.11 Å². The van der Waals surface area contributed by atoms with Gasteiger partial charge in [-0.2, -0.15) is 0 Å². The summed E-state index contributed by atoms with van der Waals surface area (Å²) in [5, 5.41) is 14.5. The van der Waals surface area contributed by atoms with Crippen molar-refractivity contribution in [3.8, 4) is 5.75 Å². The summed E-state index contributed by atoms with van der Waals surface area (Å²) in [6, 6.07) is 6.23. The van der Waals surface area contributed by atoms with Crippen LogP contribution in [-0.4, -0.2) is 22.7 Å². The number of aromatic nitrogens is 1. The minimum atomic E-state index is 0.389. The van der Waals surface area contributed by atoms with Gasteiger partial charge in [-0.1, -0.05) is 6.07 Å². The van der Waals surface area contributed by atoms with E-state index >= 15 is 0 Å². The van der Waals surface area contributed by atoms with Gasteiger partial charge in [-0.3, -0.25) is 0 Å². The van der Waals surface area contributed by atoms with Gasteiger partial charge < -0.3 is 15.4 Å². The summed E-state index contributed by atoms with van der Waals surface area (Å²) in [6.45, 7) is 3.21. The smallest absolute Gasteiger partial charge is 0.125 e. The Balaban J connectivity index is 2.04. The molecule has 90 valence electrons. The van der Waals surface area contributed by atoms with Gasteiger partial charge in [0.15, 0.2) is 0 Å². The molecule has 1 atom stereocenters. The molecule has 1 aliphatic heterocycles. The van der Waals surface area contributed by atoms with E-state index in [1.54, 1.807) is 6.07 Å². The molecule has 2 aromatic rings. The zero-order chi connectivity index (χ0) is 11.8. The fourth-order valence-corrected chi connectivity index (χ4v) is 2.86. The van der Waals surface area contributed by atoms with E-state index in [9.17, 15) is 5.11 Å². The monoisotopic (exact) mass is 230 g/mol. The Morgan fingerprint density at radius 3 is 3.06 bits per heavy atom. The van der Waals surface area contributed by atoms with Crippen LogP contribution >= 0.6 is 0 Å². The quantitative estimate of drug-likeness (QED) is 0.742. The van der Waals surface area contributed by atoms with Crippen LogP contribution in [0, 0.1) is 6.92 Å². The van der Waals surface area contributed by atoms with E-state index in [-0.39, 0.29) is 0 Å². The van der Waals surface area contributed by atoms with Crippen LogP contribution < -0.4 is 5.32 Å². The van der Waals surface area contributed by atoms with Gasteiger partial charge in [-0.05, 0) is 50.4 Å². The molecule has 1 aromatic heterocycles. The molecule has 1 aromatic carbocycles. The Bertz CT molecular complexity index is 538. The number of phenols is 1. The third kappa shape index (κ3) is 1.80. The molecule has 2 heterocycles. The summed E-state index contributed by atoms with van der Waals surface area (Å²) in [7, 11) is 0. The van der Waals surface area contributed by atoms with Crippen LogP contribution in [0.5, 0.6) is 5.75 Å². The van der Waals surface area contributed by atoms with E-state index in [1.165, 1.54) is 24.1 Å². The largest absolute Gasteiger partial charge is 0.507 e. The first-order valence-corrected chi connectivity index (χ1v) is 6.28. The maximum atomic E-state index is 10.00. The van der Waals surface area contributed by atoms with Crippen LogP contribution in [0.15, 0.2) is 18.2 Å². The molecular formula is C14H18N2O. The van der Waals surface area contributed by atoms with Crippen LogP contribution in [0.4, 0.5) is 0 Å². The topological polar surface area (TPSA) is 48.0 Å². The van der Waals surface area contributed by atoms with Crippen molar-refractivity contribution in [1.29, 1.82) is 0 Å². The normalized spacial score (nSPS) is 20.2. The minimum Gasteiger partial charge on any atom is -0.507 e. The van der Waals surface area contributed by atoms with Gasteiger partial charge in [0.05, 0.1) is 0 Å². The number of rotatable bonds is 2. The fourth-order valence-electron chi connectivity index (χ4n) is 2.86. The van der Waals surface area contributed by atoms with Gasteiger partial charge in [0, 0.05) is 22.6 Å². The number of benzene rings is 1. The maximum Gasteiger partial charge on any atom is 0.125 e. The zero-order valence-electron chi connectivity index (χ0n) is 10.1. The molecule has 1 fully saturated rings. The SMILES string of the molecule is Cc1[nH]c2cccc(O)c2c1C[C@H]1CCCN1. The highest BCUT2D eigenvalue weighted by Gasteiger charge is 2.19. The second kappa shape index (κ2) is 4.08. The lowest BCUT2D eigenvalue weighted by molar-refractivity contribution is 0.481. The van der Waals surface area contributed by atoms with Crippen LogP contribution in [-0.2, 0) is 6.42 Å². The summed E-state index contributed by atoms with van der Waals surface area (Å²) in [4.78, 5) is 3.35. The summed E-state index contributed by atoms with van der Waals surface area (Å²) in [5.74, 6) is 0.389. The van der Waals surface area contributed by atoms with Crippen molar-refractivity contribution in [2.75, 3.05) is 6.54 Å². The van der Waals surface area contributed by atoms with E-state index < -0.39 is 0 Å². The summed E-state index contributed by atoms with van der Waals surface area (Å²) < 4.78 is 0. The Hall–Kier alpha value is -1.48. The van der Waals surface area contributed by atoms with E-state index in [2.05, 4.69) is 17.2 Å². The van der Waals surface area contributed by atoms with E-state index in [4.69, 9.17) is 0 Å². The summed E-state index contributed by atoms with van der Waals surface area (Å²) >= 11 is 0. The van der Waals surface area contributed by atoms with E-state index in [1.807, 2.05) is 12.1 Å². The van der Waals surface area contributed by atoms with Gasteiger partial charge in [0.1, 0.15) is 5.75 Å². The number of phenolic OH excluding ortho intramolecular Hbond substituents is 1. The van der Waals surface area contributed by atoms with Gasteiger partial charge in [-0.25, -0.2) is 0 Å². The number of hydrogen-bond acceptors (Lipinski definition) is 2. The van der Waals surface area contributed by atoms with Crippen molar-refractivity contribution in [2.45, 2.75) is 32.2 Å². The second-order valence-corrected chi connectivity index (χ2v) is 4.93. The Labute approximate surface area is 101 Å². The average Bonchev–Trinajstić information content (AvgIpc) is 2.89. The molecule has 3 rings (SSSR count). The van der Waals surface area contributed by atoms with Crippen LogP contribution in [0.25, 0.3) is 10.9 Å². The average molecular weight is 230 g/mol. The molecule has 0 spiro atoms. The Kier molecular flexibility index (Phi) is 2.56. The first kappa shape index (κ1) is 10.7. The van der Waals surface area contributed by atoms with Gasteiger partial charge in [-0.15, -0.1) is 0 Å². The predicted octanol–water partition coefficient (Wildman–Crippen LogP) is 2.48. The van der Waals surface area contributed by atoms with Crippen molar-refractivity contribution in [1.82, 2.24) is 10.3 Å². The van der Waals surface area contributed by atoms with Gasteiger partial charge >= 0.3 is 0 Å². The molecular weight excluding hydrogens is 212 g/mol. The minimum absolute atomic E-state index is 0.389. The number of aromatic hydroxyl groups is 1. The number of aromatic amines is 1. The molecule has 17 heavy (non-hydrogen) atoms. The first-order chi connectivity index (χ1) is 8.25. The van der Waals surface area contributed by atoms with Crippen LogP contribution in [0.2, 0.25) is 0 Å². The Morgan fingerprint density at radius 2 is 2.29 bits per heavy atom. The van der Waals surface area contributed by atoms with Crippen molar-refractivity contribution >= 4 is 10.9 Å². The van der Waals surface area contributed by atoms with E-state index in [0.717, 1.165) is 23.9 Å². The number of hydrogen-bond donors (Lipinski definition) is 3. The molecule has 0 unspecified atom stereocenters. The van der Waals surface area contributed by atoms with E-state index in [0.29, 0.717) is 11.8 Å². The summed E-state index contributed by atoms with van der Waals surface area (Å²) in [6.07, 6.45) is 3.50. The van der Waals surface area contributed by atoms with Gasteiger partial charge in [0.25, 0.3) is 0 Å².